The lowest BCUT2D eigenvalue weighted by molar-refractivity contribution is -0.137. The van der Waals surface area contributed by atoms with Crippen molar-refractivity contribution >= 4 is 23.2 Å². The Kier molecular flexibility index (Phi) is 6.37. The highest BCUT2D eigenvalue weighted by atomic mass is 32.1. The van der Waals surface area contributed by atoms with Gasteiger partial charge in [0.2, 0.25) is 5.91 Å². The van der Waals surface area contributed by atoms with Crippen LogP contribution >= 0.6 is 11.3 Å². The molecule has 33 heavy (non-hydrogen) atoms. The summed E-state index contributed by atoms with van der Waals surface area (Å²) in [5.74, 6) is -0.483. The van der Waals surface area contributed by atoms with Crippen molar-refractivity contribution in [2.45, 2.75) is 12.6 Å². The van der Waals surface area contributed by atoms with Gasteiger partial charge in [0, 0.05) is 37.1 Å². The van der Waals surface area contributed by atoms with E-state index in [9.17, 15) is 27.9 Å². The number of hydrogen-bond donors (Lipinski definition) is 1. The SMILES string of the molecule is O=C(Cc1csc(-c2ccc(C(F)(F)F)cc2)n1)N1CCN(C(=O)c2ccccc2O)CC1. The smallest absolute Gasteiger partial charge is 0.416 e. The predicted octanol–water partition coefficient (Wildman–Crippen LogP) is 4.06. The van der Waals surface area contributed by atoms with Crippen molar-refractivity contribution in [2.75, 3.05) is 26.2 Å². The van der Waals surface area contributed by atoms with Crippen molar-refractivity contribution in [1.29, 1.82) is 0 Å². The number of carbonyl (C=O) groups excluding carboxylic acids is 2. The van der Waals surface area contributed by atoms with Crippen LogP contribution in [0.15, 0.2) is 53.9 Å². The van der Waals surface area contributed by atoms with E-state index in [0.717, 1.165) is 12.1 Å². The maximum atomic E-state index is 12.7. The number of alkyl halides is 3. The zero-order valence-electron chi connectivity index (χ0n) is 17.4. The molecule has 1 aliphatic heterocycles. The van der Waals surface area contributed by atoms with E-state index in [1.54, 1.807) is 33.4 Å². The number of phenolic OH excluding ortho intramolecular Hbond substituents is 1. The fourth-order valence-corrected chi connectivity index (χ4v) is 4.40. The maximum Gasteiger partial charge on any atom is 0.416 e. The number of hydrogen-bond acceptors (Lipinski definition) is 5. The number of thiazole rings is 1. The molecule has 2 amide bonds. The number of nitrogens with zero attached hydrogens (tertiary/aromatic N) is 3. The van der Waals surface area contributed by atoms with Gasteiger partial charge in [0.25, 0.3) is 5.91 Å². The van der Waals surface area contributed by atoms with Gasteiger partial charge in [-0.15, -0.1) is 11.3 Å². The number of halogens is 3. The van der Waals surface area contributed by atoms with Crippen LogP contribution in [0, 0.1) is 0 Å². The van der Waals surface area contributed by atoms with Crippen molar-refractivity contribution in [3.63, 3.8) is 0 Å². The molecule has 0 aliphatic carbocycles. The van der Waals surface area contributed by atoms with E-state index in [1.165, 1.54) is 29.5 Å². The zero-order valence-corrected chi connectivity index (χ0v) is 18.2. The molecule has 172 valence electrons. The average molecular weight is 475 g/mol. The summed E-state index contributed by atoms with van der Waals surface area (Å²) < 4.78 is 38.2. The first kappa shape index (κ1) is 22.8. The summed E-state index contributed by atoms with van der Waals surface area (Å²) in [4.78, 5) is 32.9. The van der Waals surface area contributed by atoms with Crippen molar-refractivity contribution in [2.24, 2.45) is 0 Å². The number of aromatic nitrogens is 1. The number of carbonyl (C=O) groups is 2. The second kappa shape index (κ2) is 9.22. The molecule has 0 saturated carbocycles. The van der Waals surface area contributed by atoms with Crippen molar-refractivity contribution in [1.82, 2.24) is 14.8 Å². The van der Waals surface area contributed by atoms with Gasteiger partial charge in [-0.2, -0.15) is 13.2 Å². The standard InChI is InChI=1S/C23H20F3N3O3S/c24-23(25,26)16-7-5-15(6-8-16)21-27-17(14-33-21)13-20(31)28-9-11-29(12-10-28)22(32)18-3-1-2-4-19(18)30/h1-8,14,30H,9-13H2. The van der Waals surface area contributed by atoms with Crippen LogP contribution in [0.1, 0.15) is 21.6 Å². The van der Waals surface area contributed by atoms with Gasteiger partial charge in [-0.3, -0.25) is 9.59 Å². The Morgan fingerprint density at radius 3 is 2.24 bits per heavy atom. The van der Waals surface area contributed by atoms with E-state index >= 15 is 0 Å². The lowest BCUT2D eigenvalue weighted by Crippen LogP contribution is -2.51. The molecular weight excluding hydrogens is 455 g/mol. The van der Waals surface area contributed by atoms with Gasteiger partial charge in [-0.25, -0.2) is 4.98 Å². The van der Waals surface area contributed by atoms with Gasteiger partial charge < -0.3 is 14.9 Å². The van der Waals surface area contributed by atoms with Gasteiger partial charge in [0.05, 0.1) is 23.2 Å². The fourth-order valence-electron chi connectivity index (χ4n) is 3.57. The first-order valence-electron chi connectivity index (χ1n) is 10.2. The molecule has 1 N–H and O–H groups in total. The second-order valence-electron chi connectivity index (χ2n) is 7.59. The van der Waals surface area contributed by atoms with Crippen LogP contribution in [0.2, 0.25) is 0 Å². The van der Waals surface area contributed by atoms with Crippen LogP contribution in [-0.2, 0) is 17.4 Å². The molecular formula is C23H20F3N3O3S. The molecule has 0 spiro atoms. The van der Waals surface area contributed by atoms with E-state index in [2.05, 4.69) is 4.98 Å². The van der Waals surface area contributed by atoms with Crippen LogP contribution < -0.4 is 0 Å². The number of para-hydroxylation sites is 1. The number of benzene rings is 2. The van der Waals surface area contributed by atoms with E-state index in [4.69, 9.17) is 0 Å². The lowest BCUT2D eigenvalue weighted by Gasteiger charge is -2.34. The minimum absolute atomic E-state index is 0.0740. The minimum Gasteiger partial charge on any atom is -0.507 e. The van der Waals surface area contributed by atoms with Gasteiger partial charge in [-0.1, -0.05) is 24.3 Å². The molecule has 6 nitrogen and oxygen atoms in total. The molecule has 0 atom stereocenters. The molecule has 1 aromatic heterocycles. The molecule has 0 unspecified atom stereocenters. The summed E-state index contributed by atoms with van der Waals surface area (Å²) in [5, 5.41) is 12.2. The molecule has 3 aromatic rings. The van der Waals surface area contributed by atoms with E-state index in [0.29, 0.717) is 42.4 Å². The molecule has 10 heteroatoms. The summed E-state index contributed by atoms with van der Waals surface area (Å²) in [6.07, 6.45) is -4.32. The highest BCUT2D eigenvalue weighted by Gasteiger charge is 2.30. The zero-order chi connectivity index (χ0) is 23.6. The Labute approximate surface area is 191 Å². The molecule has 1 fully saturated rings. The molecule has 0 radical (unpaired) electrons. The Hall–Kier alpha value is -3.40. The van der Waals surface area contributed by atoms with E-state index in [-0.39, 0.29) is 29.5 Å². The monoisotopic (exact) mass is 475 g/mol. The first-order chi connectivity index (χ1) is 15.7. The molecule has 2 heterocycles. The van der Waals surface area contributed by atoms with Crippen molar-refractivity contribution < 1.29 is 27.9 Å². The van der Waals surface area contributed by atoms with E-state index in [1.807, 2.05) is 0 Å². The summed E-state index contributed by atoms with van der Waals surface area (Å²) in [7, 11) is 0. The summed E-state index contributed by atoms with van der Waals surface area (Å²) in [6, 6.07) is 11.1. The van der Waals surface area contributed by atoms with Crippen LogP contribution in [0.4, 0.5) is 13.2 Å². The highest BCUT2D eigenvalue weighted by Crippen LogP contribution is 2.32. The third-order valence-corrected chi connectivity index (χ3v) is 6.34. The summed E-state index contributed by atoms with van der Waals surface area (Å²) in [6.45, 7) is 1.45. The number of amides is 2. The normalized spacial score (nSPS) is 14.4. The third kappa shape index (κ3) is 5.16. The molecule has 4 rings (SSSR count). The Bertz CT molecular complexity index is 1150. The first-order valence-corrected chi connectivity index (χ1v) is 11.1. The molecule has 2 aromatic carbocycles. The molecule has 1 aliphatic rings. The quantitative estimate of drug-likeness (QED) is 0.618. The van der Waals surface area contributed by atoms with Crippen molar-refractivity contribution in [3.05, 3.63) is 70.7 Å². The average Bonchev–Trinajstić information content (AvgIpc) is 3.27. The topological polar surface area (TPSA) is 73.7 Å². The highest BCUT2D eigenvalue weighted by molar-refractivity contribution is 7.13. The minimum atomic E-state index is -4.39. The van der Waals surface area contributed by atoms with Gasteiger partial charge in [0.1, 0.15) is 10.8 Å². The molecule has 0 bridgehead atoms. The van der Waals surface area contributed by atoms with Gasteiger partial charge in [0.15, 0.2) is 0 Å². The van der Waals surface area contributed by atoms with Crippen molar-refractivity contribution in [3.8, 4) is 16.3 Å². The summed E-state index contributed by atoms with van der Waals surface area (Å²) >= 11 is 1.27. The molecule has 1 saturated heterocycles. The fraction of sp³-hybridized carbons (Fsp3) is 0.261. The van der Waals surface area contributed by atoms with Gasteiger partial charge >= 0.3 is 6.18 Å². The number of phenols is 1. The van der Waals surface area contributed by atoms with Crippen LogP contribution in [0.25, 0.3) is 10.6 Å². The largest absolute Gasteiger partial charge is 0.507 e. The lowest BCUT2D eigenvalue weighted by atomic mass is 10.1. The second-order valence-corrected chi connectivity index (χ2v) is 8.44. The van der Waals surface area contributed by atoms with Crippen LogP contribution in [0.3, 0.4) is 0 Å². The van der Waals surface area contributed by atoms with Crippen LogP contribution in [0.5, 0.6) is 5.75 Å². The third-order valence-electron chi connectivity index (χ3n) is 5.40. The van der Waals surface area contributed by atoms with E-state index < -0.39 is 11.7 Å². The predicted molar refractivity (Wildman–Crippen MR) is 117 cm³/mol. The number of piperazine rings is 1. The Morgan fingerprint density at radius 1 is 0.970 bits per heavy atom. The Morgan fingerprint density at radius 2 is 1.61 bits per heavy atom. The van der Waals surface area contributed by atoms with Crippen LogP contribution in [-0.4, -0.2) is 57.9 Å². The Balaban J connectivity index is 1.33. The van der Waals surface area contributed by atoms with Gasteiger partial charge in [-0.05, 0) is 24.3 Å². The maximum absolute atomic E-state index is 12.7. The number of aromatic hydroxyl groups is 1. The number of rotatable bonds is 4. The summed E-state index contributed by atoms with van der Waals surface area (Å²) in [5.41, 5.74) is 0.615.